The number of nitrogens with zero attached hydrogens (tertiary/aromatic N) is 5. The van der Waals surface area contributed by atoms with Crippen LogP contribution in [0.4, 0.5) is 10.5 Å². The number of hydrogen-bond acceptors (Lipinski definition) is 8. The largest absolute Gasteiger partial charge is 0.445 e. The highest BCUT2D eigenvalue weighted by Crippen LogP contribution is 2.54. The van der Waals surface area contributed by atoms with Gasteiger partial charge in [0, 0.05) is 37.1 Å². The predicted octanol–water partition coefficient (Wildman–Crippen LogP) is 3.66. The van der Waals surface area contributed by atoms with Crippen molar-refractivity contribution in [2.45, 2.75) is 12.5 Å². The van der Waals surface area contributed by atoms with Crippen LogP contribution in [0.15, 0.2) is 77.5 Å². The minimum Gasteiger partial charge on any atom is -0.445 e. The van der Waals surface area contributed by atoms with Gasteiger partial charge in [-0.3, -0.25) is 10.1 Å². The number of nitro groups is 1. The first-order chi connectivity index (χ1) is 17.4. The molecule has 1 amide bonds. The van der Waals surface area contributed by atoms with Gasteiger partial charge < -0.3 is 15.4 Å². The average molecular weight is 480 g/mol. The van der Waals surface area contributed by atoms with Crippen LogP contribution in [0.5, 0.6) is 0 Å². The van der Waals surface area contributed by atoms with Crippen LogP contribution in [0.25, 0.3) is 0 Å². The van der Waals surface area contributed by atoms with Crippen LogP contribution >= 0.6 is 0 Å². The Morgan fingerprint density at radius 1 is 1.14 bits per heavy atom. The molecule has 0 fully saturated rings. The van der Waals surface area contributed by atoms with Gasteiger partial charge in [-0.1, -0.05) is 48.5 Å². The van der Waals surface area contributed by atoms with E-state index in [0.717, 1.165) is 5.56 Å². The first-order valence-corrected chi connectivity index (χ1v) is 11.0. The zero-order valence-corrected chi connectivity index (χ0v) is 19.0. The average Bonchev–Trinajstić information content (AvgIpc) is 2.91. The quantitative estimate of drug-likeness (QED) is 0.510. The SMILES string of the molecule is N#CC1=C(N)C(C#N)(C#N)C(c2ccc([N+](=O)[O-])cc2)C2CN(C(=O)OCc3ccccc3)CC=C12. The number of non-ortho nitro benzene ring substituents is 1. The van der Waals surface area contributed by atoms with Crippen molar-refractivity contribution in [2.24, 2.45) is 17.1 Å². The molecule has 36 heavy (non-hydrogen) atoms. The number of amides is 1. The molecule has 2 aliphatic rings. The molecule has 10 nitrogen and oxygen atoms in total. The van der Waals surface area contributed by atoms with Gasteiger partial charge in [-0.25, -0.2) is 4.79 Å². The third-order valence-corrected chi connectivity index (χ3v) is 6.59. The molecule has 2 aromatic rings. The van der Waals surface area contributed by atoms with Gasteiger partial charge >= 0.3 is 6.09 Å². The van der Waals surface area contributed by atoms with E-state index in [4.69, 9.17) is 10.5 Å². The fourth-order valence-corrected chi connectivity index (χ4v) is 4.82. The van der Waals surface area contributed by atoms with Crippen molar-refractivity contribution in [3.05, 3.63) is 98.8 Å². The highest BCUT2D eigenvalue weighted by Gasteiger charge is 2.54. The van der Waals surface area contributed by atoms with Gasteiger partial charge in [0.15, 0.2) is 5.41 Å². The van der Waals surface area contributed by atoms with Gasteiger partial charge in [0.25, 0.3) is 5.69 Å². The molecule has 2 unspecified atom stereocenters. The smallest absolute Gasteiger partial charge is 0.410 e. The molecule has 2 atom stereocenters. The minimum absolute atomic E-state index is 0.0403. The number of nitrogens with two attached hydrogens (primary N) is 1. The number of benzene rings is 2. The summed E-state index contributed by atoms with van der Waals surface area (Å²) in [5.41, 5.74) is 5.88. The van der Waals surface area contributed by atoms with E-state index >= 15 is 0 Å². The lowest BCUT2D eigenvalue weighted by atomic mass is 9.58. The molecule has 0 spiro atoms. The second-order valence-electron chi connectivity index (χ2n) is 8.47. The predicted molar refractivity (Wildman–Crippen MR) is 126 cm³/mol. The molecular weight excluding hydrogens is 460 g/mol. The molecule has 1 heterocycles. The Labute approximate surface area is 206 Å². The van der Waals surface area contributed by atoms with Crippen LogP contribution in [-0.2, 0) is 11.3 Å². The lowest BCUT2D eigenvalue weighted by molar-refractivity contribution is -0.384. The van der Waals surface area contributed by atoms with Crippen LogP contribution in [0, 0.1) is 55.4 Å². The van der Waals surface area contributed by atoms with Crippen molar-refractivity contribution in [2.75, 3.05) is 13.1 Å². The number of fused-ring (bicyclic) bond motifs is 1. The molecule has 0 saturated heterocycles. The van der Waals surface area contributed by atoms with Crippen LogP contribution in [0.2, 0.25) is 0 Å². The van der Waals surface area contributed by atoms with Crippen LogP contribution in [0.3, 0.4) is 0 Å². The van der Waals surface area contributed by atoms with E-state index in [-0.39, 0.29) is 36.7 Å². The van der Waals surface area contributed by atoms with Gasteiger partial charge in [0.1, 0.15) is 12.7 Å². The molecule has 10 heteroatoms. The molecule has 4 rings (SSSR count). The standard InChI is InChI=1S/C26H20N6O4/c27-12-21-20-10-11-31(25(33)36-14-17-4-2-1-3-5-17)13-22(20)23(26(15-28,16-29)24(21)30)18-6-8-19(9-7-18)32(34)35/h1-10,22-23H,11,13-14,30H2. The molecule has 0 bridgehead atoms. The van der Waals surface area contributed by atoms with Crippen molar-refractivity contribution in [1.29, 1.82) is 15.8 Å². The summed E-state index contributed by atoms with van der Waals surface area (Å²) in [6.07, 6.45) is 1.09. The molecule has 1 aliphatic carbocycles. The van der Waals surface area contributed by atoms with Gasteiger partial charge in [-0.05, 0) is 16.7 Å². The van der Waals surface area contributed by atoms with Gasteiger partial charge in [-0.2, -0.15) is 15.8 Å². The molecule has 2 N–H and O–H groups in total. The molecule has 2 aromatic carbocycles. The van der Waals surface area contributed by atoms with Crippen molar-refractivity contribution in [1.82, 2.24) is 4.90 Å². The second kappa shape index (κ2) is 9.61. The third-order valence-electron chi connectivity index (χ3n) is 6.59. The first-order valence-electron chi connectivity index (χ1n) is 11.0. The fourth-order valence-electron chi connectivity index (χ4n) is 4.82. The maximum absolute atomic E-state index is 12.9. The number of allylic oxidation sites excluding steroid dienone is 2. The summed E-state index contributed by atoms with van der Waals surface area (Å²) in [4.78, 5) is 24.9. The fraction of sp³-hybridized carbons (Fsp3) is 0.231. The van der Waals surface area contributed by atoms with E-state index in [9.17, 15) is 30.7 Å². The van der Waals surface area contributed by atoms with Crippen molar-refractivity contribution < 1.29 is 14.5 Å². The summed E-state index contributed by atoms with van der Waals surface area (Å²) >= 11 is 0. The summed E-state index contributed by atoms with van der Waals surface area (Å²) < 4.78 is 5.46. The normalized spacial score (nSPS) is 20.1. The number of nitro benzene ring substituents is 1. The van der Waals surface area contributed by atoms with Gasteiger partial charge in [0.2, 0.25) is 0 Å². The Morgan fingerprint density at radius 3 is 2.39 bits per heavy atom. The number of carbonyl (C=O) groups is 1. The van der Waals surface area contributed by atoms with Crippen molar-refractivity contribution in [3.63, 3.8) is 0 Å². The Kier molecular flexibility index (Phi) is 6.41. The second-order valence-corrected chi connectivity index (χ2v) is 8.47. The van der Waals surface area contributed by atoms with E-state index in [1.165, 1.54) is 29.2 Å². The number of rotatable bonds is 4. The molecule has 0 radical (unpaired) electrons. The van der Waals surface area contributed by atoms with E-state index in [2.05, 4.69) is 0 Å². The third kappa shape index (κ3) is 4.00. The van der Waals surface area contributed by atoms with Crippen LogP contribution < -0.4 is 5.73 Å². The van der Waals surface area contributed by atoms with E-state index in [0.29, 0.717) is 11.1 Å². The lowest BCUT2D eigenvalue weighted by Crippen LogP contribution is -2.49. The lowest BCUT2D eigenvalue weighted by Gasteiger charge is -2.45. The zero-order valence-electron chi connectivity index (χ0n) is 19.0. The summed E-state index contributed by atoms with van der Waals surface area (Å²) in [7, 11) is 0. The molecule has 0 saturated carbocycles. The van der Waals surface area contributed by atoms with E-state index < -0.39 is 28.3 Å². The van der Waals surface area contributed by atoms with E-state index in [1.54, 1.807) is 6.08 Å². The van der Waals surface area contributed by atoms with Crippen molar-refractivity contribution >= 4 is 11.8 Å². The zero-order chi connectivity index (χ0) is 25.9. The number of hydrogen-bond donors (Lipinski definition) is 1. The maximum Gasteiger partial charge on any atom is 0.410 e. The maximum atomic E-state index is 12.9. The Bertz CT molecular complexity index is 1380. The van der Waals surface area contributed by atoms with Crippen molar-refractivity contribution in [3.8, 4) is 18.2 Å². The summed E-state index contributed by atoms with van der Waals surface area (Å²) in [5, 5.41) is 41.3. The summed E-state index contributed by atoms with van der Waals surface area (Å²) in [6.45, 7) is 0.279. The Hall–Kier alpha value is -5.14. The molecular formula is C26H20N6O4. The van der Waals surface area contributed by atoms with Gasteiger partial charge in [-0.15, -0.1) is 0 Å². The summed E-state index contributed by atoms with van der Waals surface area (Å²) in [5.74, 6) is -1.54. The number of nitriles is 3. The minimum atomic E-state index is -1.92. The summed E-state index contributed by atoms with van der Waals surface area (Å²) in [6, 6.07) is 20.7. The highest BCUT2D eigenvalue weighted by molar-refractivity contribution is 5.69. The van der Waals surface area contributed by atoms with Crippen LogP contribution in [-0.4, -0.2) is 29.0 Å². The number of carbonyl (C=O) groups excluding carboxylic acids is 1. The van der Waals surface area contributed by atoms with Crippen LogP contribution in [0.1, 0.15) is 17.0 Å². The topological polar surface area (TPSA) is 170 Å². The van der Waals surface area contributed by atoms with Gasteiger partial charge in [0.05, 0.1) is 28.3 Å². The Balaban J connectivity index is 1.74. The monoisotopic (exact) mass is 480 g/mol. The molecule has 1 aliphatic heterocycles. The Morgan fingerprint density at radius 2 is 1.81 bits per heavy atom. The number of ether oxygens (including phenoxy) is 1. The molecule has 178 valence electrons. The highest BCUT2D eigenvalue weighted by atomic mass is 16.6. The van der Waals surface area contributed by atoms with E-state index in [1.807, 2.05) is 48.5 Å². The first kappa shape index (κ1) is 24.0. The molecule has 0 aromatic heterocycles.